The first-order valence-electron chi connectivity index (χ1n) is 4.58. The van der Waals surface area contributed by atoms with Crippen molar-refractivity contribution in [2.45, 2.75) is 0 Å². The van der Waals surface area contributed by atoms with Crippen molar-refractivity contribution in [3.05, 3.63) is 30.1 Å². The van der Waals surface area contributed by atoms with Crippen LogP contribution in [0.1, 0.15) is 10.4 Å². The van der Waals surface area contributed by atoms with Gasteiger partial charge in [0.05, 0.1) is 5.56 Å². The molecule has 0 saturated carbocycles. The van der Waals surface area contributed by atoms with E-state index in [1.54, 1.807) is 12.1 Å². The molecule has 1 heterocycles. The standard InChI is InChI=1S/C10H13N3OS2/c1-13-6-4-8(5-7-13)9(14)11-12-10(15-2)16-3/h4-7H,1-3H3/p+1. The quantitative estimate of drug-likeness (QED) is 0.375. The number of hydrazone groups is 1. The van der Waals surface area contributed by atoms with Crippen molar-refractivity contribution < 1.29 is 9.36 Å². The van der Waals surface area contributed by atoms with Crippen LogP contribution in [0.15, 0.2) is 29.6 Å². The van der Waals surface area contributed by atoms with Gasteiger partial charge in [0, 0.05) is 12.1 Å². The Kier molecular flexibility index (Phi) is 5.34. The molecule has 4 nitrogen and oxygen atoms in total. The van der Waals surface area contributed by atoms with Crippen LogP contribution in [0.25, 0.3) is 0 Å². The molecular formula is C10H14N3OS2+. The van der Waals surface area contributed by atoms with E-state index in [0.717, 1.165) is 4.38 Å². The average Bonchev–Trinajstić information content (AvgIpc) is 2.31. The molecule has 0 radical (unpaired) electrons. The molecule has 1 amide bonds. The first-order chi connectivity index (χ1) is 7.67. The Morgan fingerprint density at radius 3 is 2.38 bits per heavy atom. The zero-order chi connectivity index (χ0) is 12.0. The fraction of sp³-hybridized carbons (Fsp3) is 0.300. The summed E-state index contributed by atoms with van der Waals surface area (Å²) in [5.41, 5.74) is 3.12. The van der Waals surface area contributed by atoms with E-state index in [9.17, 15) is 4.79 Å². The van der Waals surface area contributed by atoms with Crippen molar-refractivity contribution in [3.63, 3.8) is 0 Å². The van der Waals surface area contributed by atoms with Gasteiger partial charge in [-0.05, 0) is 12.5 Å². The van der Waals surface area contributed by atoms with Crippen LogP contribution in [0.2, 0.25) is 0 Å². The maximum atomic E-state index is 11.6. The molecule has 0 aliphatic carbocycles. The molecule has 0 fully saturated rings. The normalized spacial score (nSPS) is 9.69. The molecule has 0 unspecified atom stereocenters. The fourth-order valence-corrected chi connectivity index (χ4v) is 1.93. The van der Waals surface area contributed by atoms with E-state index in [4.69, 9.17) is 0 Å². The van der Waals surface area contributed by atoms with Gasteiger partial charge in [0.1, 0.15) is 11.4 Å². The minimum atomic E-state index is -0.193. The van der Waals surface area contributed by atoms with Crippen LogP contribution in [0, 0.1) is 0 Å². The summed E-state index contributed by atoms with van der Waals surface area (Å²) >= 11 is 3.01. The third-order valence-electron chi connectivity index (χ3n) is 1.84. The van der Waals surface area contributed by atoms with Gasteiger partial charge in [-0.25, -0.2) is 9.99 Å². The van der Waals surface area contributed by atoms with E-state index in [2.05, 4.69) is 10.5 Å². The predicted octanol–water partition coefficient (Wildman–Crippen LogP) is 1.24. The van der Waals surface area contributed by atoms with Crippen molar-refractivity contribution >= 4 is 33.8 Å². The first kappa shape index (κ1) is 13.1. The number of aryl methyl sites for hydroxylation is 1. The maximum Gasteiger partial charge on any atom is 0.271 e. The second-order valence-electron chi connectivity index (χ2n) is 2.98. The largest absolute Gasteiger partial charge is 0.271 e. The summed E-state index contributed by atoms with van der Waals surface area (Å²) in [4.78, 5) is 11.6. The van der Waals surface area contributed by atoms with Crippen LogP contribution in [-0.2, 0) is 7.05 Å². The van der Waals surface area contributed by atoms with E-state index >= 15 is 0 Å². The molecular weight excluding hydrogens is 242 g/mol. The lowest BCUT2D eigenvalue weighted by molar-refractivity contribution is -0.671. The van der Waals surface area contributed by atoms with E-state index in [1.807, 2.05) is 36.5 Å². The minimum Gasteiger partial charge on any atom is -0.267 e. The zero-order valence-corrected chi connectivity index (χ0v) is 11.1. The number of hydrogen-bond acceptors (Lipinski definition) is 4. The van der Waals surface area contributed by atoms with Gasteiger partial charge in [0.2, 0.25) is 0 Å². The first-order valence-corrected chi connectivity index (χ1v) is 7.03. The molecule has 86 valence electrons. The van der Waals surface area contributed by atoms with Crippen molar-refractivity contribution in [1.82, 2.24) is 5.43 Å². The number of rotatable bonds is 2. The Bertz CT molecular complexity index is 384. The molecule has 1 aromatic heterocycles. The van der Waals surface area contributed by atoms with E-state index < -0.39 is 0 Å². The van der Waals surface area contributed by atoms with Gasteiger partial charge in [-0.3, -0.25) is 4.79 Å². The van der Waals surface area contributed by atoms with Crippen LogP contribution in [-0.4, -0.2) is 22.8 Å². The molecule has 0 saturated heterocycles. The highest BCUT2D eigenvalue weighted by Gasteiger charge is 2.06. The number of carbonyl (C=O) groups excluding carboxylic acids is 1. The van der Waals surface area contributed by atoms with Crippen molar-refractivity contribution in [2.75, 3.05) is 12.5 Å². The van der Waals surface area contributed by atoms with Gasteiger partial charge in [0.25, 0.3) is 5.91 Å². The Morgan fingerprint density at radius 2 is 1.88 bits per heavy atom. The monoisotopic (exact) mass is 256 g/mol. The highest BCUT2D eigenvalue weighted by atomic mass is 32.2. The lowest BCUT2D eigenvalue weighted by Crippen LogP contribution is -2.27. The predicted molar refractivity (Wildman–Crippen MR) is 69.5 cm³/mol. The van der Waals surface area contributed by atoms with Crippen LogP contribution >= 0.6 is 23.5 Å². The highest BCUT2D eigenvalue weighted by Crippen LogP contribution is 2.09. The summed E-state index contributed by atoms with van der Waals surface area (Å²) in [7, 11) is 1.90. The second-order valence-corrected chi connectivity index (χ2v) is 4.83. The summed E-state index contributed by atoms with van der Waals surface area (Å²) in [5, 5.41) is 4.00. The van der Waals surface area contributed by atoms with Gasteiger partial charge in [-0.2, -0.15) is 5.10 Å². The maximum absolute atomic E-state index is 11.6. The molecule has 1 aromatic rings. The van der Waals surface area contributed by atoms with Crippen molar-refractivity contribution in [2.24, 2.45) is 12.1 Å². The third kappa shape index (κ3) is 3.86. The molecule has 0 spiro atoms. The number of pyridine rings is 1. The number of thioether (sulfide) groups is 2. The molecule has 0 aliphatic heterocycles. The Hall–Kier alpha value is -1.01. The van der Waals surface area contributed by atoms with E-state index in [0.29, 0.717) is 5.56 Å². The number of aromatic nitrogens is 1. The van der Waals surface area contributed by atoms with Crippen LogP contribution in [0.5, 0.6) is 0 Å². The smallest absolute Gasteiger partial charge is 0.267 e. The van der Waals surface area contributed by atoms with Gasteiger partial charge in [0.15, 0.2) is 12.4 Å². The number of amides is 1. The van der Waals surface area contributed by atoms with Gasteiger partial charge in [-0.1, -0.05) is 0 Å². The van der Waals surface area contributed by atoms with Crippen molar-refractivity contribution in [3.8, 4) is 0 Å². The molecule has 1 N–H and O–H groups in total. The van der Waals surface area contributed by atoms with Gasteiger partial charge in [-0.15, -0.1) is 23.5 Å². The van der Waals surface area contributed by atoms with Crippen LogP contribution in [0.3, 0.4) is 0 Å². The molecule has 0 atom stereocenters. The number of nitrogens with zero attached hydrogens (tertiary/aromatic N) is 2. The SMILES string of the molecule is CSC(=NNC(=O)c1cc[n+](C)cc1)SC. The molecule has 16 heavy (non-hydrogen) atoms. The van der Waals surface area contributed by atoms with Crippen LogP contribution < -0.4 is 9.99 Å². The molecule has 1 rings (SSSR count). The van der Waals surface area contributed by atoms with Crippen molar-refractivity contribution in [1.29, 1.82) is 0 Å². The Morgan fingerprint density at radius 1 is 1.31 bits per heavy atom. The Balaban J connectivity index is 2.66. The average molecular weight is 256 g/mol. The fourth-order valence-electron chi connectivity index (χ4n) is 0.988. The Labute approximate surface area is 104 Å². The third-order valence-corrected chi connectivity index (χ3v) is 3.72. The summed E-state index contributed by atoms with van der Waals surface area (Å²) in [6, 6.07) is 3.51. The molecule has 0 bridgehead atoms. The minimum absolute atomic E-state index is 0.193. The van der Waals surface area contributed by atoms with Crippen LogP contribution in [0.4, 0.5) is 0 Å². The molecule has 0 aromatic carbocycles. The summed E-state index contributed by atoms with van der Waals surface area (Å²) in [6.45, 7) is 0. The summed E-state index contributed by atoms with van der Waals surface area (Å²) < 4.78 is 2.70. The number of carbonyl (C=O) groups is 1. The molecule has 0 aliphatic rings. The van der Waals surface area contributed by atoms with E-state index in [1.165, 1.54) is 23.5 Å². The number of hydrogen-bond donors (Lipinski definition) is 1. The summed E-state index contributed by atoms with van der Waals surface area (Å²) in [6.07, 6.45) is 7.49. The van der Waals surface area contributed by atoms with E-state index in [-0.39, 0.29) is 5.91 Å². The summed E-state index contributed by atoms with van der Waals surface area (Å²) in [5.74, 6) is -0.193. The van der Waals surface area contributed by atoms with Gasteiger partial charge >= 0.3 is 0 Å². The topological polar surface area (TPSA) is 45.3 Å². The van der Waals surface area contributed by atoms with Gasteiger partial charge < -0.3 is 0 Å². The number of nitrogens with one attached hydrogen (secondary N) is 1. The lowest BCUT2D eigenvalue weighted by atomic mass is 10.2. The zero-order valence-electron chi connectivity index (χ0n) is 9.43. The lowest BCUT2D eigenvalue weighted by Gasteiger charge is -2.00. The molecule has 6 heteroatoms. The second kappa shape index (κ2) is 6.55. The highest BCUT2D eigenvalue weighted by molar-refractivity contribution is 8.38.